The van der Waals surface area contributed by atoms with E-state index in [0.29, 0.717) is 24.3 Å². The number of rotatable bonds is 4. The molecule has 15 heavy (non-hydrogen) atoms. The number of hydrogen-bond donors (Lipinski definition) is 0. The van der Waals surface area contributed by atoms with Gasteiger partial charge in [0, 0.05) is 12.2 Å². The maximum atomic E-state index is 11.4. The molecule has 1 aromatic heterocycles. The third kappa shape index (κ3) is 2.81. The summed E-state index contributed by atoms with van der Waals surface area (Å²) in [5, 5.41) is 0. The second kappa shape index (κ2) is 4.96. The molecule has 0 amide bonds. The van der Waals surface area contributed by atoms with Crippen LogP contribution in [0, 0.1) is 5.92 Å². The maximum Gasteiger partial charge on any atom is 0.358 e. The van der Waals surface area contributed by atoms with Crippen molar-refractivity contribution in [3.8, 4) is 0 Å². The van der Waals surface area contributed by atoms with Crippen molar-refractivity contribution in [1.29, 1.82) is 0 Å². The molecule has 1 atom stereocenters. The minimum Gasteiger partial charge on any atom is -0.461 e. The number of ether oxygens (including phenoxy) is 1. The van der Waals surface area contributed by atoms with E-state index in [1.165, 1.54) is 0 Å². The van der Waals surface area contributed by atoms with Crippen LogP contribution in [-0.2, 0) is 4.74 Å². The summed E-state index contributed by atoms with van der Waals surface area (Å²) in [6.45, 7) is 8.53. The molecule has 0 aromatic carbocycles. The number of carbonyl (C=O) groups is 1. The summed E-state index contributed by atoms with van der Waals surface area (Å²) in [4.78, 5) is 15.4. The van der Waals surface area contributed by atoms with Crippen molar-refractivity contribution in [2.45, 2.75) is 33.7 Å². The molecule has 0 bridgehead atoms. The Morgan fingerprint density at radius 1 is 1.53 bits per heavy atom. The van der Waals surface area contributed by atoms with Crippen LogP contribution in [0.25, 0.3) is 0 Å². The van der Waals surface area contributed by atoms with Crippen LogP contribution in [0.1, 0.15) is 44.2 Å². The number of carbonyl (C=O) groups excluding carboxylic acids is 1. The molecule has 0 fully saturated rings. The number of aromatic nitrogens is 2. The number of nitrogens with zero attached hydrogens (tertiary/aromatic N) is 2. The summed E-state index contributed by atoms with van der Waals surface area (Å²) >= 11 is 0. The average molecular weight is 210 g/mol. The number of esters is 1. The molecule has 0 aliphatic heterocycles. The molecule has 1 aromatic rings. The average Bonchev–Trinajstić information content (AvgIpc) is 2.65. The Balaban J connectivity index is 2.76. The van der Waals surface area contributed by atoms with Crippen molar-refractivity contribution in [2.24, 2.45) is 5.92 Å². The van der Waals surface area contributed by atoms with Crippen LogP contribution in [0.15, 0.2) is 12.5 Å². The van der Waals surface area contributed by atoms with E-state index >= 15 is 0 Å². The van der Waals surface area contributed by atoms with E-state index in [9.17, 15) is 4.79 Å². The molecule has 1 heterocycles. The van der Waals surface area contributed by atoms with E-state index in [0.717, 1.165) is 0 Å². The van der Waals surface area contributed by atoms with Crippen LogP contribution in [-0.4, -0.2) is 22.1 Å². The van der Waals surface area contributed by atoms with E-state index in [1.807, 2.05) is 4.57 Å². The second-order valence-corrected chi connectivity index (χ2v) is 3.91. The molecule has 0 radical (unpaired) electrons. The van der Waals surface area contributed by atoms with E-state index in [4.69, 9.17) is 4.74 Å². The minimum absolute atomic E-state index is 0.334. The smallest absolute Gasteiger partial charge is 0.358 e. The molecule has 0 aliphatic rings. The topological polar surface area (TPSA) is 44.1 Å². The Bertz CT molecular complexity index is 331. The monoisotopic (exact) mass is 210 g/mol. The molecular formula is C11H18N2O2. The quantitative estimate of drug-likeness (QED) is 0.716. The van der Waals surface area contributed by atoms with Gasteiger partial charge in [-0.2, -0.15) is 0 Å². The van der Waals surface area contributed by atoms with Crippen LogP contribution < -0.4 is 0 Å². The first-order valence-corrected chi connectivity index (χ1v) is 5.26. The summed E-state index contributed by atoms with van der Waals surface area (Å²) in [6.07, 6.45) is 3.42. The van der Waals surface area contributed by atoms with Gasteiger partial charge in [-0.25, -0.2) is 9.78 Å². The van der Waals surface area contributed by atoms with E-state index < -0.39 is 0 Å². The normalized spacial score (nSPS) is 12.9. The highest BCUT2D eigenvalue weighted by atomic mass is 16.5. The Morgan fingerprint density at radius 3 is 2.73 bits per heavy atom. The van der Waals surface area contributed by atoms with Crippen molar-refractivity contribution in [3.05, 3.63) is 18.2 Å². The Morgan fingerprint density at radius 2 is 2.20 bits per heavy atom. The first-order valence-electron chi connectivity index (χ1n) is 5.26. The number of hydrogen-bond acceptors (Lipinski definition) is 3. The van der Waals surface area contributed by atoms with Gasteiger partial charge in [-0.3, -0.25) is 0 Å². The fraction of sp³-hybridized carbons (Fsp3) is 0.636. The zero-order valence-electron chi connectivity index (χ0n) is 9.73. The summed E-state index contributed by atoms with van der Waals surface area (Å²) in [7, 11) is 0. The van der Waals surface area contributed by atoms with Crippen molar-refractivity contribution in [2.75, 3.05) is 6.61 Å². The van der Waals surface area contributed by atoms with Crippen LogP contribution in [0.2, 0.25) is 0 Å². The third-order valence-corrected chi connectivity index (χ3v) is 2.52. The molecule has 0 saturated carbocycles. The third-order valence-electron chi connectivity index (χ3n) is 2.52. The molecule has 1 unspecified atom stereocenters. The molecule has 0 saturated heterocycles. The molecular weight excluding hydrogens is 192 g/mol. The molecule has 84 valence electrons. The first-order chi connectivity index (χ1) is 7.06. The van der Waals surface area contributed by atoms with Gasteiger partial charge in [-0.05, 0) is 19.8 Å². The van der Waals surface area contributed by atoms with Crippen molar-refractivity contribution >= 4 is 5.97 Å². The van der Waals surface area contributed by atoms with E-state index in [-0.39, 0.29) is 5.97 Å². The molecule has 4 nitrogen and oxygen atoms in total. The van der Waals surface area contributed by atoms with Gasteiger partial charge < -0.3 is 9.30 Å². The summed E-state index contributed by atoms with van der Waals surface area (Å²) in [5.74, 6) is 0.154. The summed E-state index contributed by atoms with van der Waals surface area (Å²) in [5.41, 5.74) is 0.379. The van der Waals surface area contributed by atoms with E-state index in [2.05, 4.69) is 25.8 Å². The first kappa shape index (κ1) is 11.8. The van der Waals surface area contributed by atoms with Gasteiger partial charge in [0.2, 0.25) is 0 Å². The molecule has 0 aliphatic carbocycles. The molecule has 4 heteroatoms. The number of imidazole rings is 1. The van der Waals surface area contributed by atoms with E-state index in [1.54, 1.807) is 19.4 Å². The lowest BCUT2D eigenvalue weighted by atomic mass is 10.1. The van der Waals surface area contributed by atoms with Gasteiger partial charge in [0.1, 0.15) is 0 Å². The lowest BCUT2D eigenvalue weighted by Gasteiger charge is -2.16. The fourth-order valence-corrected chi connectivity index (χ4v) is 1.21. The fourth-order valence-electron chi connectivity index (χ4n) is 1.21. The SMILES string of the molecule is CCOC(=O)c1cn(C(C)C(C)C)cn1. The van der Waals surface area contributed by atoms with Crippen molar-refractivity contribution in [1.82, 2.24) is 9.55 Å². The van der Waals surface area contributed by atoms with Crippen LogP contribution in [0.3, 0.4) is 0 Å². The highest BCUT2D eigenvalue weighted by Crippen LogP contribution is 2.16. The summed E-state index contributed by atoms with van der Waals surface area (Å²) in [6, 6.07) is 0.334. The Kier molecular flexibility index (Phi) is 3.88. The zero-order chi connectivity index (χ0) is 11.4. The van der Waals surface area contributed by atoms with Gasteiger partial charge in [0.25, 0.3) is 0 Å². The Labute approximate surface area is 90.3 Å². The van der Waals surface area contributed by atoms with Crippen LogP contribution >= 0.6 is 0 Å². The lowest BCUT2D eigenvalue weighted by Crippen LogP contribution is -2.10. The minimum atomic E-state index is -0.354. The van der Waals surface area contributed by atoms with Crippen LogP contribution in [0.4, 0.5) is 0 Å². The predicted octanol–water partition coefficient (Wildman–Crippen LogP) is 2.28. The second-order valence-electron chi connectivity index (χ2n) is 3.91. The standard InChI is InChI=1S/C11H18N2O2/c1-5-15-11(14)10-6-13(7-12-10)9(4)8(2)3/h6-9H,5H2,1-4H3. The van der Waals surface area contributed by atoms with Crippen molar-refractivity contribution in [3.63, 3.8) is 0 Å². The predicted molar refractivity (Wildman–Crippen MR) is 57.7 cm³/mol. The highest BCUT2D eigenvalue weighted by Gasteiger charge is 2.14. The van der Waals surface area contributed by atoms with Gasteiger partial charge in [-0.1, -0.05) is 13.8 Å². The maximum absolute atomic E-state index is 11.4. The lowest BCUT2D eigenvalue weighted by molar-refractivity contribution is 0.0520. The Hall–Kier alpha value is -1.32. The molecule has 1 rings (SSSR count). The van der Waals surface area contributed by atoms with Crippen molar-refractivity contribution < 1.29 is 9.53 Å². The van der Waals surface area contributed by atoms with Crippen LogP contribution in [0.5, 0.6) is 0 Å². The van der Waals surface area contributed by atoms with Gasteiger partial charge in [-0.15, -0.1) is 0 Å². The van der Waals surface area contributed by atoms with Gasteiger partial charge in [0.15, 0.2) is 5.69 Å². The largest absolute Gasteiger partial charge is 0.461 e. The van der Waals surface area contributed by atoms with Gasteiger partial charge >= 0.3 is 5.97 Å². The molecule has 0 N–H and O–H groups in total. The molecule has 0 spiro atoms. The highest BCUT2D eigenvalue weighted by molar-refractivity contribution is 5.86. The van der Waals surface area contributed by atoms with Gasteiger partial charge in [0.05, 0.1) is 12.9 Å². The zero-order valence-corrected chi connectivity index (χ0v) is 9.73. The summed E-state index contributed by atoms with van der Waals surface area (Å²) < 4.78 is 6.81.